The molecule has 1 aromatic rings. The van der Waals surface area contributed by atoms with Gasteiger partial charge in [-0.2, -0.15) is 0 Å². The van der Waals surface area contributed by atoms with Crippen molar-refractivity contribution in [1.82, 2.24) is 0 Å². The molecule has 2 rings (SSSR count). The van der Waals surface area contributed by atoms with Crippen molar-refractivity contribution in [1.29, 1.82) is 0 Å². The van der Waals surface area contributed by atoms with E-state index in [2.05, 4.69) is 0 Å². The summed E-state index contributed by atoms with van der Waals surface area (Å²) < 4.78 is 38.0. The van der Waals surface area contributed by atoms with E-state index < -0.39 is 30.0 Å². The van der Waals surface area contributed by atoms with Crippen molar-refractivity contribution in [2.24, 2.45) is 5.73 Å². The summed E-state index contributed by atoms with van der Waals surface area (Å²) in [5.41, 5.74) is 6.00. The Balaban J connectivity index is 2.28. The van der Waals surface area contributed by atoms with Gasteiger partial charge >= 0.3 is 7.12 Å². The van der Waals surface area contributed by atoms with Gasteiger partial charge in [0.1, 0.15) is 0 Å². The average molecular weight is 295 g/mol. The third kappa shape index (κ3) is 3.17. The van der Waals surface area contributed by atoms with Crippen LogP contribution in [0.15, 0.2) is 23.7 Å². The Labute approximate surface area is 124 Å². The van der Waals surface area contributed by atoms with Crippen LogP contribution in [0.5, 0.6) is 0 Å². The fourth-order valence-electron chi connectivity index (χ4n) is 2.03. The lowest BCUT2D eigenvalue weighted by Gasteiger charge is -2.32. The lowest BCUT2D eigenvalue weighted by molar-refractivity contribution is 0.00578. The summed E-state index contributed by atoms with van der Waals surface area (Å²) in [6.07, 6.45) is 1.67. The number of benzene rings is 1. The van der Waals surface area contributed by atoms with Gasteiger partial charge in [0.05, 0.1) is 11.2 Å². The molecule has 21 heavy (non-hydrogen) atoms. The Hall–Kier alpha value is -1.24. The highest BCUT2D eigenvalue weighted by molar-refractivity contribution is 6.55. The summed E-state index contributed by atoms with van der Waals surface area (Å²) in [4.78, 5) is 0. The first-order valence-corrected chi connectivity index (χ1v) is 6.87. The summed E-state index contributed by atoms with van der Waals surface area (Å²) in [7, 11) is -0.590. The molecule has 0 saturated carbocycles. The van der Waals surface area contributed by atoms with Crippen LogP contribution in [0.3, 0.4) is 0 Å². The summed E-state index contributed by atoms with van der Waals surface area (Å²) >= 11 is 0. The molecule has 0 radical (unpaired) electrons. The molecule has 0 spiro atoms. The van der Waals surface area contributed by atoms with Crippen LogP contribution in [0.2, 0.25) is 0 Å². The number of rotatable bonds is 3. The molecule has 2 N–H and O–H groups in total. The minimum absolute atomic E-state index is 0.204. The largest absolute Gasteiger partial charge is 0.491 e. The van der Waals surface area contributed by atoms with Crippen molar-refractivity contribution in [3.05, 3.63) is 40.9 Å². The Morgan fingerprint density at radius 1 is 1.14 bits per heavy atom. The summed E-state index contributed by atoms with van der Waals surface area (Å²) in [6, 6.07) is 3.69. The molecule has 1 fully saturated rings. The Kier molecular flexibility index (Phi) is 4.24. The van der Waals surface area contributed by atoms with Crippen molar-refractivity contribution >= 4 is 13.2 Å². The molecule has 1 aliphatic rings. The van der Waals surface area contributed by atoms with Crippen LogP contribution < -0.4 is 5.73 Å². The molecule has 1 aromatic carbocycles. The quantitative estimate of drug-likeness (QED) is 0.872. The zero-order valence-electron chi connectivity index (χ0n) is 12.7. The van der Waals surface area contributed by atoms with Crippen LogP contribution in [0.1, 0.15) is 33.3 Å². The van der Waals surface area contributed by atoms with Gasteiger partial charge in [0.2, 0.25) is 0 Å². The van der Waals surface area contributed by atoms with Crippen LogP contribution in [0.25, 0.3) is 6.08 Å². The number of halogens is 2. The van der Waals surface area contributed by atoms with Gasteiger partial charge in [-0.15, -0.1) is 0 Å². The zero-order chi connectivity index (χ0) is 15.8. The second-order valence-corrected chi connectivity index (χ2v) is 6.19. The van der Waals surface area contributed by atoms with Crippen molar-refractivity contribution in [2.45, 2.75) is 38.9 Å². The molecule has 1 aliphatic heterocycles. The van der Waals surface area contributed by atoms with E-state index in [4.69, 9.17) is 15.0 Å². The maximum absolute atomic E-state index is 13.3. The number of nitrogens with two attached hydrogens (primary N) is 1. The van der Waals surface area contributed by atoms with Crippen LogP contribution in [0.4, 0.5) is 8.78 Å². The van der Waals surface area contributed by atoms with E-state index in [1.54, 1.807) is 6.08 Å². The topological polar surface area (TPSA) is 44.5 Å². The molecule has 0 aromatic heterocycles. The fourth-order valence-corrected chi connectivity index (χ4v) is 2.03. The lowest BCUT2D eigenvalue weighted by Crippen LogP contribution is -2.41. The van der Waals surface area contributed by atoms with Crippen LogP contribution in [-0.2, 0) is 9.31 Å². The maximum Gasteiger partial charge on any atom is 0.491 e. The third-order valence-electron chi connectivity index (χ3n) is 4.09. The predicted octanol–water partition coefficient (Wildman–Crippen LogP) is 2.94. The molecule has 0 aliphatic carbocycles. The van der Waals surface area contributed by atoms with Crippen LogP contribution in [0, 0.1) is 11.6 Å². The van der Waals surface area contributed by atoms with E-state index in [1.165, 1.54) is 6.07 Å². The van der Waals surface area contributed by atoms with Gasteiger partial charge in [0.25, 0.3) is 0 Å². The summed E-state index contributed by atoms with van der Waals surface area (Å²) in [5.74, 6) is -1.77. The van der Waals surface area contributed by atoms with Crippen molar-refractivity contribution < 1.29 is 18.1 Å². The van der Waals surface area contributed by atoms with E-state index in [9.17, 15) is 8.78 Å². The second-order valence-electron chi connectivity index (χ2n) is 6.19. The molecule has 1 heterocycles. The maximum atomic E-state index is 13.3. The van der Waals surface area contributed by atoms with E-state index >= 15 is 0 Å². The first-order chi connectivity index (χ1) is 9.66. The molecule has 0 amide bonds. The molecular weight excluding hydrogens is 275 g/mol. The molecule has 6 heteroatoms. The first-order valence-electron chi connectivity index (χ1n) is 6.87. The van der Waals surface area contributed by atoms with E-state index in [0.29, 0.717) is 11.0 Å². The monoisotopic (exact) mass is 295 g/mol. The minimum atomic E-state index is -0.894. The zero-order valence-corrected chi connectivity index (χ0v) is 12.7. The molecule has 3 nitrogen and oxygen atoms in total. The SMILES string of the molecule is CC1(C)OB(C(=Cc2ccc(F)c(F)c2)CN)OC1(C)C. The Morgan fingerprint density at radius 2 is 1.71 bits per heavy atom. The van der Waals surface area contributed by atoms with Crippen molar-refractivity contribution in [3.63, 3.8) is 0 Å². The highest BCUT2D eigenvalue weighted by Crippen LogP contribution is 2.38. The molecule has 114 valence electrons. The molecule has 1 saturated heterocycles. The Bertz CT molecular complexity index is 557. The summed E-state index contributed by atoms with van der Waals surface area (Å²) in [5, 5.41) is 0. The van der Waals surface area contributed by atoms with Crippen LogP contribution in [-0.4, -0.2) is 24.9 Å². The third-order valence-corrected chi connectivity index (χ3v) is 4.09. The van der Waals surface area contributed by atoms with Crippen molar-refractivity contribution in [3.8, 4) is 0 Å². The van der Waals surface area contributed by atoms with Crippen molar-refractivity contribution in [2.75, 3.05) is 6.54 Å². The summed E-state index contributed by atoms with van der Waals surface area (Å²) in [6.45, 7) is 7.98. The standard InChI is InChI=1S/C15H20BF2NO2/c1-14(2)15(3,4)21-16(20-14)11(9-19)7-10-5-6-12(17)13(18)8-10/h5-8H,9,19H2,1-4H3. The van der Waals surface area contributed by atoms with E-state index in [-0.39, 0.29) is 6.54 Å². The van der Waals surface area contributed by atoms with Gasteiger partial charge in [-0.1, -0.05) is 12.1 Å². The van der Waals surface area contributed by atoms with Gasteiger partial charge in [-0.3, -0.25) is 0 Å². The predicted molar refractivity (Wildman–Crippen MR) is 79.5 cm³/mol. The Morgan fingerprint density at radius 3 is 2.19 bits per heavy atom. The fraction of sp³-hybridized carbons (Fsp3) is 0.467. The molecule has 0 unspecified atom stereocenters. The normalized spacial score (nSPS) is 20.9. The average Bonchev–Trinajstić information content (AvgIpc) is 2.59. The van der Waals surface area contributed by atoms with Gasteiger partial charge in [0, 0.05) is 6.54 Å². The minimum Gasteiger partial charge on any atom is -0.400 e. The first kappa shape index (κ1) is 16.1. The molecule has 0 atom stereocenters. The number of hydrogen-bond donors (Lipinski definition) is 1. The van der Waals surface area contributed by atoms with E-state index in [0.717, 1.165) is 12.1 Å². The smallest absolute Gasteiger partial charge is 0.400 e. The lowest BCUT2D eigenvalue weighted by atomic mass is 9.77. The number of hydrogen-bond acceptors (Lipinski definition) is 3. The van der Waals surface area contributed by atoms with Gasteiger partial charge in [-0.05, 0) is 50.9 Å². The molecule has 0 bridgehead atoms. The second kappa shape index (κ2) is 5.52. The van der Waals surface area contributed by atoms with Gasteiger partial charge in [0.15, 0.2) is 11.6 Å². The highest BCUT2D eigenvalue weighted by atomic mass is 19.2. The molecular formula is C15H20BF2NO2. The van der Waals surface area contributed by atoms with Gasteiger partial charge in [-0.25, -0.2) is 8.78 Å². The van der Waals surface area contributed by atoms with E-state index in [1.807, 2.05) is 27.7 Å². The van der Waals surface area contributed by atoms with Crippen LogP contribution >= 0.6 is 0 Å². The highest BCUT2D eigenvalue weighted by Gasteiger charge is 2.52. The van der Waals surface area contributed by atoms with Gasteiger partial charge < -0.3 is 15.0 Å².